The molecule has 0 radical (unpaired) electrons. The van der Waals surface area contributed by atoms with Crippen molar-refractivity contribution < 1.29 is 24.2 Å². The maximum atomic E-state index is 11.3. The highest BCUT2D eigenvalue weighted by Gasteiger charge is 2.20. The Morgan fingerprint density at radius 3 is 2.63 bits per heavy atom. The molecule has 0 spiro atoms. The fourth-order valence-electron chi connectivity index (χ4n) is 1.25. The first-order valence-corrected chi connectivity index (χ1v) is 6.43. The van der Waals surface area contributed by atoms with Crippen LogP contribution in [-0.4, -0.2) is 55.3 Å². The molecule has 1 aromatic heterocycles. The zero-order chi connectivity index (χ0) is 14.3. The van der Waals surface area contributed by atoms with Gasteiger partial charge in [-0.3, -0.25) is 4.79 Å². The second kappa shape index (κ2) is 7.82. The van der Waals surface area contributed by atoms with Crippen molar-refractivity contribution in [3.8, 4) is 0 Å². The zero-order valence-corrected chi connectivity index (χ0v) is 11.6. The van der Waals surface area contributed by atoms with Crippen molar-refractivity contribution in [1.82, 2.24) is 4.98 Å². The van der Waals surface area contributed by atoms with Crippen LogP contribution in [0.5, 0.6) is 0 Å². The summed E-state index contributed by atoms with van der Waals surface area (Å²) in [6.45, 7) is 3.26. The Bertz CT molecular complexity index is 415. The van der Waals surface area contributed by atoms with E-state index in [0.29, 0.717) is 31.5 Å². The van der Waals surface area contributed by atoms with Crippen LogP contribution in [0.3, 0.4) is 0 Å². The predicted octanol–water partition coefficient (Wildman–Crippen LogP) is 1.12. The number of carbonyl (C=O) groups is 2. The molecule has 0 aliphatic rings. The van der Waals surface area contributed by atoms with Gasteiger partial charge in [-0.1, -0.05) is 11.3 Å². The minimum absolute atomic E-state index is 0.148. The van der Waals surface area contributed by atoms with Crippen LogP contribution in [0, 0.1) is 0 Å². The SMILES string of the molecule is COCCOCCNc1nc(C(=O)O)c(C(C)=O)s1. The Morgan fingerprint density at radius 1 is 1.37 bits per heavy atom. The van der Waals surface area contributed by atoms with Crippen molar-refractivity contribution in [1.29, 1.82) is 0 Å². The van der Waals surface area contributed by atoms with Crippen LogP contribution in [0.25, 0.3) is 0 Å². The van der Waals surface area contributed by atoms with Gasteiger partial charge >= 0.3 is 5.97 Å². The van der Waals surface area contributed by atoms with Crippen molar-refractivity contribution in [3.63, 3.8) is 0 Å². The van der Waals surface area contributed by atoms with E-state index in [9.17, 15) is 9.59 Å². The van der Waals surface area contributed by atoms with E-state index in [1.54, 1.807) is 7.11 Å². The Balaban J connectivity index is 2.48. The lowest BCUT2D eigenvalue weighted by Gasteiger charge is -2.03. The van der Waals surface area contributed by atoms with Gasteiger partial charge in [-0.05, 0) is 0 Å². The minimum Gasteiger partial charge on any atom is -0.476 e. The molecule has 19 heavy (non-hydrogen) atoms. The first kappa shape index (κ1) is 15.5. The molecule has 0 unspecified atom stereocenters. The fraction of sp³-hybridized carbons (Fsp3) is 0.545. The van der Waals surface area contributed by atoms with E-state index in [1.807, 2.05) is 0 Å². The first-order chi connectivity index (χ1) is 9.06. The highest BCUT2D eigenvalue weighted by molar-refractivity contribution is 7.17. The molecule has 8 heteroatoms. The number of carbonyl (C=O) groups excluding carboxylic acids is 1. The Labute approximate surface area is 114 Å². The summed E-state index contributed by atoms with van der Waals surface area (Å²) in [5, 5.41) is 12.2. The standard InChI is InChI=1S/C11H16N2O5S/c1-7(14)9-8(10(15)16)13-11(19-9)12-3-4-18-6-5-17-2/h3-6H2,1-2H3,(H,12,13)(H,15,16). The van der Waals surface area contributed by atoms with Crippen molar-refractivity contribution in [2.45, 2.75) is 6.92 Å². The summed E-state index contributed by atoms with van der Waals surface area (Å²) in [4.78, 5) is 26.2. The molecular weight excluding hydrogens is 272 g/mol. The topological polar surface area (TPSA) is 97.8 Å². The van der Waals surface area contributed by atoms with Crippen molar-refractivity contribution in [2.24, 2.45) is 0 Å². The number of rotatable bonds is 9. The Kier molecular flexibility index (Phi) is 6.40. The number of carboxylic acid groups (broad SMARTS) is 1. The van der Waals surface area contributed by atoms with E-state index < -0.39 is 5.97 Å². The van der Waals surface area contributed by atoms with Crippen LogP contribution in [-0.2, 0) is 9.47 Å². The molecule has 1 heterocycles. The second-order valence-corrected chi connectivity index (χ2v) is 4.59. The largest absolute Gasteiger partial charge is 0.476 e. The molecule has 7 nitrogen and oxygen atoms in total. The van der Waals surface area contributed by atoms with Crippen molar-refractivity contribution >= 4 is 28.2 Å². The van der Waals surface area contributed by atoms with Crippen LogP contribution >= 0.6 is 11.3 Å². The number of thiazole rings is 1. The van der Waals surface area contributed by atoms with E-state index in [4.69, 9.17) is 14.6 Å². The number of hydrogen-bond donors (Lipinski definition) is 2. The number of hydrogen-bond acceptors (Lipinski definition) is 7. The van der Waals surface area contributed by atoms with Gasteiger partial charge in [0.25, 0.3) is 0 Å². The number of nitrogens with zero attached hydrogens (tertiary/aromatic N) is 1. The average Bonchev–Trinajstić information content (AvgIpc) is 2.78. The predicted molar refractivity (Wildman–Crippen MR) is 70.3 cm³/mol. The van der Waals surface area contributed by atoms with Gasteiger partial charge in [0.05, 0.1) is 19.8 Å². The lowest BCUT2D eigenvalue weighted by atomic mass is 10.3. The molecular formula is C11H16N2O5S. The molecule has 0 aromatic carbocycles. The van der Waals surface area contributed by atoms with E-state index in [0.717, 1.165) is 11.3 Å². The average molecular weight is 288 g/mol. The van der Waals surface area contributed by atoms with Gasteiger partial charge in [0.1, 0.15) is 4.88 Å². The van der Waals surface area contributed by atoms with Gasteiger partial charge in [0, 0.05) is 20.6 Å². The zero-order valence-electron chi connectivity index (χ0n) is 10.8. The normalized spacial score (nSPS) is 10.4. The van der Waals surface area contributed by atoms with Crippen LogP contribution < -0.4 is 5.32 Å². The number of aromatic carboxylic acids is 1. The maximum absolute atomic E-state index is 11.3. The van der Waals surface area contributed by atoms with E-state index in [2.05, 4.69) is 10.3 Å². The third-order valence-corrected chi connectivity index (χ3v) is 3.22. The van der Waals surface area contributed by atoms with Crippen LogP contribution in [0.15, 0.2) is 0 Å². The van der Waals surface area contributed by atoms with Crippen LogP contribution in [0.4, 0.5) is 5.13 Å². The van der Waals surface area contributed by atoms with Gasteiger partial charge in [0.2, 0.25) is 0 Å². The van der Waals surface area contributed by atoms with Crippen LogP contribution in [0.1, 0.15) is 27.1 Å². The molecule has 0 aliphatic carbocycles. The van der Waals surface area contributed by atoms with Gasteiger partial charge in [-0.25, -0.2) is 9.78 Å². The number of methoxy groups -OCH3 is 1. The van der Waals surface area contributed by atoms with Crippen molar-refractivity contribution in [2.75, 3.05) is 38.8 Å². The molecule has 0 fully saturated rings. The highest BCUT2D eigenvalue weighted by Crippen LogP contribution is 2.23. The van der Waals surface area contributed by atoms with E-state index in [-0.39, 0.29) is 16.4 Å². The number of carboxylic acids is 1. The molecule has 106 valence electrons. The second-order valence-electron chi connectivity index (χ2n) is 3.59. The summed E-state index contributed by atoms with van der Waals surface area (Å²) in [7, 11) is 1.59. The maximum Gasteiger partial charge on any atom is 0.356 e. The van der Waals surface area contributed by atoms with Crippen LogP contribution in [0.2, 0.25) is 0 Å². The summed E-state index contributed by atoms with van der Waals surface area (Å²) >= 11 is 1.03. The van der Waals surface area contributed by atoms with E-state index in [1.165, 1.54) is 6.92 Å². The number of ketones is 1. The molecule has 0 saturated heterocycles. The van der Waals surface area contributed by atoms with Gasteiger partial charge < -0.3 is 19.9 Å². The van der Waals surface area contributed by atoms with Gasteiger partial charge in [-0.15, -0.1) is 0 Å². The molecule has 1 rings (SSSR count). The summed E-state index contributed by atoms with van der Waals surface area (Å²) in [5.74, 6) is -1.51. The summed E-state index contributed by atoms with van der Waals surface area (Å²) in [6.07, 6.45) is 0. The summed E-state index contributed by atoms with van der Waals surface area (Å²) in [6, 6.07) is 0. The van der Waals surface area contributed by atoms with Gasteiger partial charge in [0.15, 0.2) is 16.6 Å². The summed E-state index contributed by atoms with van der Waals surface area (Å²) < 4.78 is 10.1. The Morgan fingerprint density at radius 2 is 2.11 bits per heavy atom. The molecule has 1 aromatic rings. The lowest BCUT2D eigenvalue weighted by molar-refractivity contribution is 0.0687. The Hall–Kier alpha value is -1.51. The van der Waals surface area contributed by atoms with Crippen molar-refractivity contribution in [3.05, 3.63) is 10.6 Å². The van der Waals surface area contributed by atoms with Gasteiger partial charge in [-0.2, -0.15) is 0 Å². The monoisotopic (exact) mass is 288 g/mol. The number of ether oxygens (including phenoxy) is 2. The lowest BCUT2D eigenvalue weighted by Crippen LogP contribution is -2.12. The number of aromatic nitrogens is 1. The van der Waals surface area contributed by atoms with E-state index >= 15 is 0 Å². The molecule has 2 N–H and O–H groups in total. The number of nitrogens with one attached hydrogen (secondary N) is 1. The molecule has 0 saturated carbocycles. The fourth-order valence-corrected chi connectivity index (χ4v) is 2.13. The summed E-state index contributed by atoms with van der Waals surface area (Å²) in [5.41, 5.74) is -0.208. The minimum atomic E-state index is -1.20. The molecule has 0 amide bonds. The molecule has 0 atom stereocenters. The third kappa shape index (κ3) is 4.93. The molecule has 0 bridgehead atoms. The highest BCUT2D eigenvalue weighted by atomic mass is 32.1. The molecule has 0 aliphatic heterocycles. The number of anilines is 1. The number of Topliss-reactive ketones (excluding diaryl/α,β-unsaturated/α-hetero) is 1. The first-order valence-electron chi connectivity index (χ1n) is 5.62. The third-order valence-electron chi connectivity index (χ3n) is 2.10. The smallest absolute Gasteiger partial charge is 0.356 e. The quantitative estimate of drug-likeness (QED) is 0.519.